The maximum absolute atomic E-state index is 11.0. The van der Waals surface area contributed by atoms with Crippen LogP contribution in [0.4, 0.5) is 0 Å². The fourth-order valence-corrected chi connectivity index (χ4v) is 1.08. The number of rotatable bonds is 4. The molecule has 0 aliphatic rings. The summed E-state index contributed by atoms with van der Waals surface area (Å²) in [6.45, 7) is 4.12. The molecule has 0 bridgehead atoms. The SMILES string of the molecule is CCOC(=O)CCc1ccc(C)o1. The van der Waals surface area contributed by atoms with Crippen LogP contribution >= 0.6 is 0 Å². The van der Waals surface area contributed by atoms with Crippen LogP contribution < -0.4 is 0 Å². The van der Waals surface area contributed by atoms with Gasteiger partial charge in [-0.25, -0.2) is 0 Å². The number of furan rings is 1. The molecular formula is C10H14O3. The molecule has 0 amide bonds. The monoisotopic (exact) mass is 182 g/mol. The van der Waals surface area contributed by atoms with Crippen molar-refractivity contribution in [2.75, 3.05) is 6.61 Å². The van der Waals surface area contributed by atoms with E-state index in [9.17, 15) is 4.79 Å². The van der Waals surface area contributed by atoms with E-state index in [0.29, 0.717) is 19.4 Å². The third-order valence-corrected chi connectivity index (χ3v) is 1.68. The van der Waals surface area contributed by atoms with E-state index in [0.717, 1.165) is 11.5 Å². The van der Waals surface area contributed by atoms with Crippen LogP contribution in [0.25, 0.3) is 0 Å². The molecule has 1 heterocycles. The van der Waals surface area contributed by atoms with Crippen molar-refractivity contribution in [3.05, 3.63) is 23.7 Å². The van der Waals surface area contributed by atoms with E-state index in [-0.39, 0.29) is 5.97 Å². The maximum atomic E-state index is 11.0. The number of hydrogen-bond acceptors (Lipinski definition) is 3. The summed E-state index contributed by atoms with van der Waals surface area (Å²) in [5.74, 6) is 1.54. The average Bonchev–Trinajstić information content (AvgIpc) is 2.49. The summed E-state index contributed by atoms with van der Waals surface area (Å²) in [5.41, 5.74) is 0. The predicted octanol–water partition coefficient (Wildman–Crippen LogP) is 2.08. The third-order valence-electron chi connectivity index (χ3n) is 1.68. The first-order chi connectivity index (χ1) is 6.22. The maximum Gasteiger partial charge on any atom is 0.306 e. The second-order valence-corrected chi connectivity index (χ2v) is 2.82. The minimum absolute atomic E-state index is 0.170. The summed E-state index contributed by atoms with van der Waals surface area (Å²) >= 11 is 0. The summed E-state index contributed by atoms with van der Waals surface area (Å²) in [4.78, 5) is 11.0. The molecule has 3 heteroatoms. The van der Waals surface area contributed by atoms with Crippen molar-refractivity contribution in [1.82, 2.24) is 0 Å². The Labute approximate surface area is 77.7 Å². The number of aryl methyl sites for hydroxylation is 2. The minimum Gasteiger partial charge on any atom is -0.466 e. The zero-order valence-electron chi connectivity index (χ0n) is 8.00. The third kappa shape index (κ3) is 3.32. The number of ether oxygens (including phenoxy) is 1. The van der Waals surface area contributed by atoms with E-state index in [1.807, 2.05) is 19.1 Å². The summed E-state index contributed by atoms with van der Waals surface area (Å²) in [6.07, 6.45) is 1.01. The normalized spacial score (nSPS) is 10.0. The number of hydrogen-bond donors (Lipinski definition) is 0. The van der Waals surface area contributed by atoms with E-state index in [2.05, 4.69) is 0 Å². The van der Waals surface area contributed by atoms with E-state index in [4.69, 9.17) is 9.15 Å². The van der Waals surface area contributed by atoms with Gasteiger partial charge in [0.25, 0.3) is 0 Å². The predicted molar refractivity (Wildman–Crippen MR) is 48.4 cm³/mol. The Bertz CT molecular complexity index is 275. The second kappa shape index (κ2) is 4.70. The first-order valence-electron chi connectivity index (χ1n) is 4.43. The Hall–Kier alpha value is -1.25. The quantitative estimate of drug-likeness (QED) is 0.669. The number of esters is 1. The Kier molecular flexibility index (Phi) is 3.55. The molecule has 0 unspecified atom stereocenters. The molecule has 72 valence electrons. The summed E-state index contributed by atoms with van der Waals surface area (Å²) in [6, 6.07) is 3.77. The topological polar surface area (TPSA) is 39.4 Å². The van der Waals surface area contributed by atoms with Crippen LogP contribution in [0, 0.1) is 6.92 Å². The van der Waals surface area contributed by atoms with E-state index in [1.165, 1.54) is 0 Å². The van der Waals surface area contributed by atoms with Crippen molar-refractivity contribution in [3.8, 4) is 0 Å². The molecule has 13 heavy (non-hydrogen) atoms. The minimum atomic E-state index is -0.170. The lowest BCUT2D eigenvalue weighted by Crippen LogP contribution is -2.04. The average molecular weight is 182 g/mol. The Morgan fingerprint density at radius 3 is 2.85 bits per heavy atom. The van der Waals surface area contributed by atoms with Crippen LogP contribution in [0.1, 0.15) is 24.9 Å². The summed E-state index contributed by atoms with van der Waals surface area (Å²) < 4.78 is 10.1. The molecule has 0 N–H and O–H groups in total. The van der Waals surface area contributed by atoms with E-state index in [1.54, 1.807) is 6.92 Å². The molecule has 0 aliphatic carbocycles. The number of carbonyl (C=O) groups excluding carboxylic acids is 1. The largest absolute Gasteiger partial charge is 0.466 e. The van der Waals surface area contributed by atoms with Gasteiger partial charge in [0.1, 0.15) is 11.5 Å². The lowest BCUT2D eigenvalue weighted by molar-refractivity contribution is -0.143. The Morgan fingerprint density at radius 2 is 2.31 bits per heavy atom. The Morgan fingerprint density at radius 1 is 1.54 bits per heavy atom. The molecule has 0 atom stereocenters. The fourth-order valence-electron chi connectivity index (χ4n) is 1.08. The summed E-state index contributed by atoms with van der Waals surface area (Å²) in [7, 11) is 0. The summed E-state index contributed by atoms with van der Waals surface area (Å²) in [5, 5.41) is 0. The molecule has 0 radical (unpaired) electrons. The first-order valence-corrected chi connectivity index (χ1v) is 4.43. The van der Waals surface area contributed by atoms with E-state index >= 15 is 0 Å². The van der Waals surface area contributed by atoms with Crippen LogP contribution in [0.3, 0.4) is 0 Å². The van der Waals surface area contributed by atoms with E-state index < -0.39 is 0 Å². The van der Waals surface area contributed by atoms with Crippen LogP contribution in [0.15, 0.2) is 16.5 Å². The van der Waals surface area contributed by atoms with Crippen LogP contribution in [-0.4, -0.2) is 12.6 Å². The van der Waals surface area contributed by atoms with Crippen molar-refractivity contribution in [2.24, 2.45) is 0 Å². The number of carbonyl (C=O) groups is 1. The van der Waals surface area contributed by atoms with Crippen molar-refractivity contribution in [3.63, 3.8) is 0 Å². The first kappa shape index (κ1) is 9.84. The molecule has 0 fully saturated rings. The molecule has 1 rings (SSSR count). The van der Waals surface area contributed by atoms with Gasteiger partial charge in [-0.2, -0.15) is 0 Å². The van der Waals surface area contributed by atoms with Gasteiger partial charge in [0, 0.05) is 6.42 Å². The zero-order chi connectivity index (χ0) is 9.68. The van der Waals surface area contributed by atoms with Gasteiger partial charge in [0.2, 0.25) is 0 Å². The standard InChI is InChI=1S/C10H14O3/c1-3-12-10(11)7-6-9-5-4-8(2)13-9/h4-5H,3,6-7H2,1-2H3. The van der Waals surface area contributed by atoms with Gasteiger partial charge in [-0.1, -0.05) is 0 Å². The lowest BCUT2D eigenvalue weighted by atomic mass is 10.2. The molecule has 0 saturated heterocycles. The molecule has 0 saturated carbocycles. The van der Waals surface area contributed by atoms with Crippen LogP contribution in [0.2, 0.25) is 0 Å². The van der Waals surface area contributed by atoms with Crippen molar-refractivity contribution in [1.29, 1.82) is 0 Å². The molecule has 1 aromatic heterocycles. The van der Waals surface area contributed by atoms with Crippen molar-refractivity contribution >= 4 is 5.97 Å². The highest BCUT2D eigenvalue weighted by molar-refractivity contribution is 5.69. The van der Waals surface area contributed by atoms with Gasteiger partial charge in [0.15, 0.2) is 0 Å². The second-order valence-electron chi connectivity index (χ2n) is 2.82. The van der Waals surface area contributed by atoms with Gasteiger partial charge in [-0.3, -0.25) is 4.79 Å². The van der Waals surface area contributed by atoms with Gasteiger partial charge < -0.3 is 9.15 Å². The van der Waals surface area contributed by atoms with Crippen molar-refractivity contribution < 1.29 is 13.9 Å². The smallest absolute Gasteiger partial charge is 0.306 e. The van der Waals surface area contributed by atoms with Crippen LogP contribution in [0.5, 0.6) is 0 Å². The van der Waals surface area contributed by atoms with Gasteiger partial charge in [0.05, 0.1) is 13.0 Å². The molecular weight excluding hydrogens is 168 g/mol. The van der Waals surface area contributed by atoms with Crippen molar-refractivity contribution in [2.45, 2.75) is 26.7 Å². The molecule has 0 aromatic carbocycles. The van der Waals surface area contributed by atoms with Crippen LogP contribution in [-0.2, 0) is 16.0 Å². The molecule has 0 spiro atoms. The highest BCUT2D eigenvalue weighted by atomic mass is 16.5. The highest BCUT2D eigenvalue weighted by Crippen LogP contribution is 2.08. The highest BCUT2D eigenvalue weighted by Gasteiger charge is 2.04. The van der Waals surface area contributed by atoms with Gasteiger partial charge >= 0.3 is 5.97 Å². The molecule has 3 nitrogen and oxygen atoms in total. The zero-order valence-corrected chi connectivity index (χ0v) is 8.00. The Balaban J connectivity index is 2.30. The lowest BCUT2D eigenvalue weighted by Gasteiger charge is -1.99. The fraction of sp³-hybridized carbons (Fsp3) is 0.500. The molecule has 0 aliphatic heterocycles. The van der Waals surface area contributed by atoms with Gasteiger partial charge in [-0.15, -0.1) is 0 Å². The van der Waals surface area contributed by atoms with Gasteiger partial charge in [-0.05, 0) is 26.0 Å². The molecule has 1 aromatic rings.